The van der Waals surface area contributed by atoms with Gasteiger partial charge in [-0.3, -0.25) is 4.40 Å². The van der Waals surface area contributed by atoms with Crippen molar-refractivity contribution in [2.24, 2.45) is 4.99 Å². The molecule has 0 radical (unpaired) electrons. The summed E-state index contributed by atoms with van der Waals surface area (Å²) in [6.07, 6.45) is 1.95. The van der Waals surface area contributed by atoms with Gasteiger partial charge in [-0.05, 0) is 43.7 Å². The summed E-state index contributed by atoms with van der Waals surface area (Å²) in [5.74, 6) is 2.44. The number of aliphatic imine (C=N–C) groups is 1. The largest absolute Gasteiger partial charge is 0.494 e. The minimum absolute atomic E-state index is 0. The maximum atomic E-state index is 5.54. The third kappa shape index (κ3) is 5.81. The van der Waals surface area contributed by atoms with Crippen molar-refractivity contribution < 1.29 is 4.74 Å². The third-order valence-corrected chi connectivity index (χ3v) is 3.77. The van der Waals surface area contributed by atoms with Crippen LogP contribution in [0.3, 0.4) is 0 Å². The van der Waals surface area contributed by atoms with Crippen molar-refractivity contribution in [3.8, 4) is 5.75 Å². The molecule has 0 amide bonds. The van der Waals surface area contributed by atoms with Gasteiger partial charge >= 0.3 is 0 Å². The Labute approximate surface area is 176 Å². The van der Waals surface area contributed by atoms with E-state index in [9.17, 15) is 0 Å². The van der Waals surface area contributed by atoms with Crippen molar-refractivity contribution in [3.63, 3.8) is 0 Å². The molecule has 0 atom stereocenters. The molecule has 2 aromatic heterocycles. The van der Waals surface area contributed by atoms with Crippen LogP contribution in [0.25, 0.3) is 5.65 Å². The number of nitrogens with zero attached hydrogens (tertiary/aromatic N) is 4. The fourth-order valence-corrected chi connectivity index (χ4v) is 2.59. The van der Waals surface area contributed by atoms with Crippen molar-refractivity contribution in [2.45, 2.75) is 26.9 Å². The predicted octanol–water partition coefficient (Wildman–Crippen LogP) is 3.00. The van der Waals surface area contributed by atoms with Crippen LogP contribution in [0.5, 0.6) is 5.75 Å². The Morgan fingerprint density at radius 3 is 2.81 bits per heavy atom. The first kappa shape index (κ1) is 20.9. The van der Waals surface area contributed by atoms with Crippen molar-refractivity contribution in [1.29, 1.82) is 0 Å². The lowest BCUT2D eigenvalue weighted by atomic mass is 10.2. The molecular formula is C19H25IN6O. The van der Waals surface area contributed by atoms with E-state index in [1.807, 2.05) is 66.9 Å². The number of halogens is 1. The summed E-state index contributed by atoms with van der Waals surface area (Å²) in [5, 5.41) is 15.0. The first-order valence-electron chi connectivity index (χ1n) is 8.82. The maximum absolute atomic E-state index is 5.54. The Morgan fingerprint density at radius 2 is 2.00 bits per heavy atom. The molecule has 0 saturated carbocycles. The van der Waals surface area contributed by atoms with Gasteiger partial charge in [0.2, 0.25) is 0 Å². The number of guanidine groups is 1. The van der Waals surface area contributed by atoms with Crippen LogP contribution in [0.1, 0.15) is 25.2 Å². The smallest absolute Gasteiger partial charge is 0.191 e. The molecule has 3 aromatic rings. The number of nitrogens with one attached hydrogen (secondary N) is 2. The van der Waals surface area contributed by atoms with E-state index in [1.54, 1.807) is 0 Å². The molecule has 144 valence electrons. The van der Waals surface area contributed by atoms with E-state index in [0.717, 1.165) is 35.3 Å². The van der Waals surface area contributed by atoms with E-state index in [1.165, 1.54) is 0 Å². The van der Waals surface area contributed by atoms with Crippen LogP contribution in [0.2, 0.25) is 0 Å². The van der Waals surface area contributed by atoms with Gasteiger partial charge in [0.1, 0.15) is 5.75 Å². The number of hydrogen-bond donors (Lipinski definition) is 2. The zero-order valence-electron chi connectivity index (χ0n) is 15.6. The normalized spacial score (nSPS) is 11.1. The second kappa shape index (κ2) is 10.7. The Bertz CT molecular complexity index is 879. The van der Waals surface area contributed by atoms with Crippen molar-refractivity contribution in [1.82, 2.24) is 25.2 Å². The average molecular weight is 480 g/mol. The summed E-state index contributed by atoms with van der Waals surface area (Å²) in [7, 11) is 0. The minimum atomic E-state index is 0. The van der Waals surface area contributed by atoms with Gasteiger partial charge in [-0.15, -0.1) is 34.2 Å². The van der Waals surface area contributed by atoms with Crippen LogP contribution in [0.15, 0.2) is 53.7 Å². The zero-order chi connectivity index (χ0) is 18.2. The summed E-state index contributed by atoms with van der Waals surface area (Å²) in [6, 6.07) is 13.8. The molecule has 0 aliphatic carbocycles. The van der Waals surface area contributed by atoms with Gasteiger partial charge in [-0.2, -0.15) is 0 Å². The van der Waals surface area contributed by atoms with Gasteiger partial charge < -0.3 is 15.4 Å². The highest BCUT2D eigenvalue weighted by atomic mass is 127. The Hall–Kier alpha value is -2.36. The fraction of sp³-hybridized carbons (Fsp3) is 0.316. The average Bonchev–Trinajstić information content (AvgIpc) is 3.08. The number of fused-ring (bicyclic) bond motifs is 1. The standard InChI is InChI=1S/C19H24N6O.HI/c1-3-20-19(21-13-15-8-7-9-16(12-15)26-4-2)22-14-18-24-23-17-10-5-6-11-25(17)18;/h5-12H,3-4,13-14H2,1-2H3,(H2,20,21,22);1H. The molecule has 27 heavy (non-hydrogen) atoms. The van der Waals surface area contributed by atoms with Crippen LogP contribution >= 0.6 is 24.0 Å². The minimum Gasteiger partial charge on any atom is -0.494 e. The molecule has 0 bridgehead atoms. The van der Waals surface area contributed by atoms with E-state index < -0.39 is 0 Å². The molecule has 2 heterocycles. The molecule has 2 N–H and O–H groups in total. The van der Waals surface area contributed by atoms with Crippen molar-refractivity contribution in [2.75, 3.05) is 13.2 Å². The van der Waals surface area contributed by atoms with Gasteiger partial charge in [0, 0.05) is 12.7 Å². The summed E-state index contributed by atoms with van der Waals surface area (Å²) in [4.78, 5) is 4.65. The Kier molecular flexibility index (Phi) is 8.31. The predicted molar refractivity (Wildman–Crippen MR) is 118 cm³/mol. The highest BCUT2D eigenvalue weighted by Crippen LogP contribution is 2.13. The topological polar surface area (TPSA) is 75.8 Å². The summed E-state index contributed by atoms with van der Waals surface area (Å²) < 4.78 is 7.50. The number of pyridine rings is 1. The molecule has 8 heteroatoms. The van der Waals surface area contributed by atoms with E-state index in [2.05, 4.69) is 25.8 Å². The van der Waals surface area contributed by atoms with Gasteiger partial charge in [-0.25, -0.2) is 4.99 Å². The van der Waals surface area contributed by atoms with Crippen LogP contribution in [-0.4, -0.2) is 33.7 Å². The molecular weight excluding hydrogens is 455 g/mol. The lowest BCUT2D eigenvalue weighted by Gasteiger charge is -2.11. The molecule has 0 spiro atoms. The SMILES string of the molecule is CCNC(=NCc1cccc(OCC)c1)NCc1nnc2ccccn12.I. The van der Waals surface area contributed by atoms with Gasteiger partial charge in [0.05, 0.1) is 19.7 Å². The Morgan fingerprint density at radius 1 is 1.11 bits per heavy atom. The molecule has 0 unspecified atom stereocenters. The lowest BCUT2D eigenvalue weighted by Crippen LogP contribution is -2.37. The van der Waals surface area contributed by atoms with Gasteiger partial charge in [-0.1, -0.05) is 18.2 Å². The van der Waals surface area contributed by atoms with Gasteiger partial charge in [0.15, 0.2) is 17.4 Å². The van der Waals surface area contributed by atoms with Crippen LogP contribution < -0.4 is 15.4 Å². The number of benzene rings is 1. The first-order chi connectivity index (χ1) is 12.8. The zero-order valence-corrected chi connectivity index (χ0v) is 17.9. The van der Waals surface area contributed by atoms with E-state index in [-0.39, 0.29) is 24.0 Å². The van der Waals surface area contributed by atoms with Crippen LogP contribution in [0, 0.1) is 0 Å². The Balaban J connectivity index is 0.00000261. The van der Waals surface area contributed by atoms with Gasteiger partial charge in [0.25, 0.3) is 0 Å². The summed E-state index contributed by atoms with van der Waals surface area (Å²) in [6.45, 7) is 6.56. The second-order valence-corrected chi connectivity index (χ2v) is 5.67. The van der Waals surface area contributed by atoms with E-state index in [4.69, 9.17) is 4.74 Å². The van der Waals surface area contributed by atoms with Crippen molar-refractivity contribution in [3.05, 3.63) is 60.0 Å². The number of aromatic nitrogens is 3. The first-order valence-corrected chi connectivity index (χ1v) is 8.82. The van der Waals surface area contributed by atoms with Crippen molar-refractivity contribution >= 4 is 35.6 Å². The van der Waals surface area contributed by atoms with Crippen LogP contribution in [0.4, 0.5) is 0 Å². The van der Waals surface area contributed by atoms with E-state index >= 15 is 0 Å². The highest BCUT2D eigenvalue weighted by molar-refractivity contribution is 14.0. The summed E-state index contributed by atoms with van der Waals surface area (Å²) in [5.41, 5.74) is 1.93. The quantitative estimate of drug-likeness (QED) is 0.309. The summed E-state index contributed by atoms with van der Waals surface area (Å²) >= 11 is 0. The second-order valence-electron chi connectivity index (χ2n) is 5.67. The third-order valence-electron chi connectivity index (χ3n) is 3.77. The number of rotatable bonds is 7. The molecule has 3 rings (SSSR count). The fourth-order valence-electron chi connectivity index (χ4n) is 2.59. The molecule has 0 saturated heterocycles. The molecule has 7 nitrogen and oxygen atoms in total. The lowest BCUT2D eigenvalue weighted by molar-refractivity contribution is 0.340. The highest BCUT2D eigenvalue weighted by Gasteiger charge is 2.05. The molecule has 0 fully saturated rings. The molecule has 0 aliphatic heterocycles. The monoisotopic (exact) mass is 480 g/mol. The molecule has 0 aliphatic rings. The molecule has 1 aromatic carbocycles. The van der Waals surface area contributed by atoms with Crippen LogP contribution in [-0.2, 0) is 13.1 Å². The number of hydrogen-bond acceptors (Lipinski definition) is 4. The maximum Gasteiger partial charge on any atom is 0.191 e. The van der Waals surface area contributed by atoms with E-state index in [0.29, 0.717) is 19.7 Å². The number of ether oxygens (including phenoxy) is 1.